The lowest BCUT2D eigenvalue weighted by Gasteiger charge is -2.00. The second-order valence-electron chi connectivity index (χ2n) is 2.70. The van der Waals surface area contributed by atoms with E-state index in [-0.39, 0.29) is 0 Å². The molecule has 1 rings (SSSR count). The van der Waals surface area contributed by atoms with Crippen LogP contribution in [-0.4, -0.2) is 19.5 Å². The summed E-state index contributed by atoms with van der Waals surface area (Å²) in [6.45, 7) is 0.835. The van der Waals surface area contributed by atoms with Gasteiger partial charge in [0.1, 0.15) is 0 Å². The standard InChI is InChI=1S/C10H14OS4/c1-11-7-8-12-14-15-13-9-10-5-3-2-4-6-10/h2-6H,7-9H2,1H3. The molecule has 0 fully saturated rings. The van der Waals surface area contributed by atoms with E-state index < -0.39 is 0 Å². The molecule has 0 radical (unpaired) electrons. The molecule has 0 saturated heterocycles. The molecule has 0 atom stereocenters. The van der Waals surface area contributed by atoms with E-state index in [1.54, 1.807) is 7.11 Å². The average molecular weight is 278 g/mol. The fourth-order valence-electron chi connectivity index (χ4n) is 0.857. The fourth-order valence-corrected chi connectivity index (χ4v) is 6.69. The molecule has 1 nitrogen and oxygen atoms in total. The molecular formula is C10H14OS4. The fraction of sp³-hybridized carbons (Fsp3) is 0.400. The zero-order valence-electron chi connectivity index (χ0n) is 8.55. The molecule has 0 unspecified atom stereocenters. The Kier molecular flexibility index (Phi) is 8.90. The van der Waals surface area contributed by atoms with Gasteiger partial charge in [-0.2, -0.15) is 0 Å². The molecule has 0 N–H and O–H groups in total. The van der Waals surface area contributed by atoms with Crippen LogP contribution < -0.4 is 0 Å². The summed E-state index contributed by atoms with van der Waals surface area (Å²) in [5, 5.41) is 0. The Labute approximate surface area is 107 Å². The monoisotopic (exact) mass is 278 g/mol. The van der Waals surface area contributed by atoms with Crippen LogP contribution in [0.4, 0.5) is 0 Å². The molecule has 0 aliphatic heterocycles. The summed E-state index contributed by atoms with van der Waals surface area (Å²) < 4.78 is 4.97. The number of hydrogen-bond donors (Lipinski definition) is 0. The van der Waals surface area contributed by atoms with Crippen LogP contribution in [0.1, 0.15) is 5.56 Å². The normalized spacial score (nSPS) is 10.5. The highest BCUT2D eigenvalue weighted by Gasteiger charge is 1.94. The first kappa shape index (κ1) is 13.6. The van der Waals surface area contributed by atoms with Gasteiger partial charge in [-0.25, -0.2) is 0 Å². The minimum atomic E-state index is 0.835. The molecule has 0 spiro atoms. The van der Waals surface area contributed by atoms with Crippen molar-refractivity contribution < 1.29 is 4.74 Å². The second-order valence-corrected chi connectivity index (χ2v) is 8.82. The SMILES string of the molecule is COCCSSSSCc1ccccc1. The molecule has 0 aromatic heterocycles. The van der Waals surface area contributed by atoms with Gasteiger partial charge in [0.15, 0.2) is 0 Å². The molecule has 84 valence electrons. The van der Waals surface area contributed by atoms with Crippen LogP contribution in [0.25, 0.3) is 0 Å². The molecule has 0 aliphatic carbocycles. The van der Waals surface area contributed by atoms with E-state index in [9.17, 15) is 0 Å². The first-order valence-electron chi connectivity index (χ1n) is 4.54. The summed E-state index contributed by atoms with van der Waals surface area (Å²) in [7, 11) is 9.14. The Hall–Kier alpha value is 0.580. The summed E-state index contributed by atoms with van der Waals surface area (Å²) >= 11 is 0. The van der Waals surface area contributed by atoms with E-state index in [4.69, 9.17) is 4.74 Å². The van der Waals surface area contributed by atoms with Crippen LogP contribution in [0.5, 0.6) is 0 Å². The summed E-state index contributed by atoms with van der Waals surface area (Å²) in [6.07, 6.45) is 0. The van der Waals surface area contributed by atoms with Crippen molar-refractivity contribution in [1.82, 2.24) is 0 Å². The summed E-state index contributed by atoms with van der Waals surface area (Å²) in [4.78, 5) is 0. The predicted molar refractivity (Wildman–Crippen MR) is 77.3 cm³/mol. The number of methoxy groups -OCH3 is 1. The minimum Gasteiger partial charge on any atom is -0.384 e. The third-order valence-electron chi connectivity index (χ3n) is 1.56. The van der Waals surface area contributed by atoms with Crippen molar-refractivity contribution in [3.8, 4) is 0 Å². The van der Waals surface area contributed by atoms with E-state index in [0.717, 1.165) is 18.1 Å². The van der Waals surface area contributed by atoms with Crippen LogP contribution >= 0.6 is 41.2 Å². The van der Waals surface area contributed by atoms with E-state index in [2.05, 4.69) is 30.3 Å². The van der Waals surface area contributed by atoms with Crippen LogP contribution in [-0.2, 0) is 10.5 Å². The number of benzene rings is 1. The zero-order chi connectivity index (χ0) is 10.8. The quantitative estimate of drug-likeness (QED) is 0.509. The molecule has 0 amide bonds. The van der Waals surface area contributed by atoms with Crippen molar-refractivity contribution in [2.75, 3.05) is 19.5 Å². The summed E-state index contributed by atoms with van der Waals surface area (Å²) in [6, 6.07) is 10.5. The molecule has 15 heavy (non-hydrogen) atoms. The molecular weight excluding hydrogens is 264 g/mol. The van der Waals surface area contributed by atoms with Crippen LogP contribution in [0.3, 0.4) is 0 Å². The molecule has 1 aromatic rings. The van der Waals surface area contributed by atoms with Gasteiger partial charge >= 0.3 is 0 Å². The smallest absolute Gasteiger partial charge is 0.0561 e. The number of ether oxygens (including phenoxy) is 1. The van der Waals surface area contributed by atoms with Gasteiger partial charge < -0.3 is 4.74 Å². The van der Waals surface area contributed by atoms with Gasteiger partial charge in [-0.15, -0.1) is 0 Å². The van der Waals surface area contributed by atoms with Crippen LogP contribution in [0.15, 0.2) is 30.3 Å². The predicted octanol–water partition coefficient (Wildman–Crippen LogP) is 4.51. The number of rotatable bonds is 8. The maximum atomic E-state index is 4.97. The van der Waals surface area contributed by atoms with E-state index in [0.29, 0.717) is 0 Å². The maximum absolute atomic E-state index is 4.97. The van der Waals surface area contributed by atoms with Crippen molar-refractivity contribution in [2.45, 2.75) is 5.75 Å². The van der Waals surface area contributed by atoms with Crippen molar-refractivity contribution in [1.29, 1.82) is 0 Å². The third-order valence-corrected chi connectivity index (χ3v) is 7.93. The lowest BCUT2D eigenvalue weighted by atomic mass is 10.2. The van der Waals surface area contributed by atoms with E-state index >= 15 is 0 Å². The number of hydrogen-bond acceptors (Lipinski definition) is 5. The first-order valence-corrected chi connectivity index (χ1v) is 9.69. The molecule has 5 heteroatoms. The van der Waals surface area contributed by atoms with Crippen molar-refractivity contribution >= 4 is 41.2 Å². The van der Waals surface area contributed by atoms with Gasteiger partial charge in [-0.05, 0) is 25.2 Å². The summed E-state index contributed by atoms with van der Waals surface area (Å²) in [5.41, 5.74) is 1.39. The van der Waals surface area contributed by atoms with Crippen LogP contribution in [0, 0.1) is 0 Å². The largest absolute Gasteiger partial charge is 0.384 e. The Morgan fingerprint density at radius 2 is 1.80 bits per heavy atom. The highest BCUT2D eigenvalue weighted by molar-refractivity contribution is 9.26. The lowest BCUT2D eigenvalue weighted by Crippen LogP contribution is -1.88. The van der Waals surface area contributed by atoms with Gasteiger partial charge in [0.05, 0.1) is 6.61 Å². The van der Waals surface area contributed by atoms with Gasteiger partial charge in [0.25, 0.3) is 0 Å². The van der Waals surface area contributed by atoms with Crippen molar-refractivity contribution in [2.24, 2.45) is 0 Å². The van der Waals surface area contributed by atoms with Gasteiger partial charge in [-0.1, -0.05) is 51.9 Å². The van der Waals surface area contributed by atoms with E-state index in [1.165, 1.54) is 5.56 Å². The first-order chi connectivity index (χ1) is 7.43. The maximum Gasteiger partial charge on any atom is 0.0561 e. The Balaban J connectivity index is 1.93. The molecule has 0 heterocycles. The Morgan fingerprint density at radius 1 is 1.07 bits per heavy atom. The Morgan fingerprint density at radius 3 is 2.53 bits per heavy atom. The van der Waals surface area contributed by atoms with Gasteiger partial charge in [-0.3, -0.25) is 0 Å². The summed E-state index contributed by atoms with van der Waals surface area (Å²) in [5.74, 6) is 2.13. The van der Waals surface area contributed by atoms with Crippen molar-refractivity contribution in [3.63, 3.8) is 0 Å². The van der Waals surface area contributed by atoms with Gasteiger partial charge in [0, 0.05) is 18.6 Å². The average Bonchev–Trinajstić information content (AvgIpc) is 2.29. The molecule has 0 aliphatic rings. The van der Waals surface area contributed by atoms with E-state index in [1.807, 2.05) is 41.2 Å². The van der Waals surface area contributed by atoms with Gasteiger partial charge in [0.2, 0.25) is 0 Å². The second kappa shape index (κ2) is 9.78. The highest BCUT2D eigenvalue weighted by atomic mass is 33.7. The highest BCUT2D eigenvalue weighted by Crippen LogP contribution is 2.43. The molecule has 0 saturated carbocycles. The van der Waals surface area contributed by atoms with Crippen molar-refractivity contribution in [3.05, 3.63) is 35.9 Å². The van der Waals surface area contributed by atoms with Crippen LogP contribution in [0.2, 0.25) is 0 Å². The molecule has 1 aromatic carbocycles. The topological polar surface area (TPSA) is 9.23 Å². The zero-order valence-corrected chi connectivity index (χ0v) is 11.8. The third kappa shape index (κ3) is 7.47. The Bertz CT molecular complexity index is 242. The lowest BCUT2D eigenvalue weighted by molar-refractivity contribution is 0.219. The minimum absolute atomic E-state index is 0.835. The molecule has 0 bridgehead atoms.